The number of nitrogens with one attached hydrogen (secondary N) is 1. The van der Waals surface area contributed by atoms with Crippen LogP contribution in [-0.2, 0) is 4.79 Å². The highest BCUT2D eigenvalue weighted by molar-refractivity contribution is 6.00. The lowest BCUT2D eigenvalue weighted by Gasteiger charge is -2.08. The van der Waals surface area contributed by atoms with E-state index in [-0.39, 0.29) is 11.5 Å². The van der Waals surface area contributed by atoms with E-state index in [0.717, 1.165) is 25.7 Å². The van der Waals surface area contributed by atoms with Crippen molar-refractivity contribution in [2.45, 2.75) is 96.8 Å². The van der Waals surface area contributed by atoms with Gasteiger partial charge in [-0.1, -0.05) is 82.6 Å². The monoisotopic (exact) mass is 401 g/mol. The number of para-hydroxylation sites is 1. The second kappa shape index (κ2) is 16.8. The number of unbranched alkanes of at least 4 members (excludes halogenated alkanes) is 11. The fourth-order valence-electron chi connectivity index (χ4n) is 3.35. The Morgan fingerprint density at radius 1 is 0.828 bits per heavy atom. The molecule has 162 valence electrons. The van der Waals surface area contributed by atoms with Crippen LogP contribution in [0, 0.1) is 0 Å². The average molecular weight is 402 g/mol. The number of carbonyl (C=O) groups excluding carboxylic acids is 1. The Morgan fingerprint density at radius 3 is 2.00 bits per heavy atom. The van der Waals surface area contributed by atoms with Crippen molar-refractivity contribution in [1.82, 2.24) is 0 Å². The van der Waals surface area contributed by atoms with Gasteiger partial charge in [-0.2, -0.15) is 0 Å². The molecule has 0 aliphatic carbocycles. The molecule has 1 aromatic carbocycles. The Hall–Kier alpha value is -2.10. The van der Waals surface area contributed by atoms with Gasteiger partial charge in [0, 0.05) is 6.42 Å². The highest BCUT2D eigenvalue weighted by Gasteiger charge is 2.11. The zero-order valence-corrected chi connectivity index (χ0v) is 18.1. The molecule has 0 fully saturated rings. The normalized spacial score (nSPS) is 11.1. The van der Waals surface area contributed by atoms with Crippen molar-refractivity contribution in [3.8, 4) is 0 Å². The van der Waals surface area contributed by atoms with E-state index >= 15 is 0 Å². The summed E-state index contributed by atoms with van der Waals surface area (Å²) in [6.07, 6.45) is 21.0. The average Bonchev–Trinajstić information content (AvgIpc) is 2.71. The van der Waals surface area contributed by atoms with Crippen molar-refractivity contribution in [3.05, 3.63) is 42.0 Å². The molecule has 0 saturated carbocycles. The van der Waals surface area contributed by atoms with E-state index in [2.05, 4.69) is 24.4 Å². The van der Waals surface area contributed by atoms with Gasteiger partial charge in [0.15, 0.2) is 0 Å². The molecule has 0 saturated heterocycles. The third-order valence-electron chi connectivity index (χ3n) is 5.10. The molecular weight excluding hydrogens is 362 g/mol. The first-order valence-corrected chi connectivity index (χ1v) is 11.4. The molecule has 1 amide bonds. The van der Waals surface area contributed by atoms with Crippen LogP contribution in [0.25, 0.3) is 0 Å². The van der Waals surface area contributed by atoms with Gasteiger partial charge in [0.1, 0.15) is 0 Å². The maximum absolute atomic E-state index is 12.0. The molecule has 2 N–H and O–H groups in total. The SMILES string of the molecule is CCCCCCCC/C=C\CCCCCCCC(=O)Nc1ccccc1C(=O)O. The Kier molecular flexibility index (Phi) is 14.5. The minimum absolute atomic E-state index is 0.115. The second-order valence-corrected chi connectivity index (χ2v) is 7.73. The molecule has 4 heteroatoms. The summed E-state index contributed by atoms with van der Waals surface area (Å²) in [5.74, 6) is -1.14. The fourth-order valence-corrected chi connectivity index (χ4v) is 3.35. The van der Waals surface area contributed by atoms with E-state index in [0.29, 0.717) is 12.1 Å². The van der Waals surface area contributed by atoms with Gasteiger partial charge in [-0.05, 0) is 44.2 Å². The Balaban J connectivity index is 1.97. The summed E-state index contributed by atoms with van der Waals surface area (Å²) in [5.41, 5.74) is 0.503. The number of allylic oxidation sites excluding steroid dienone is 2. The van der Waals surface area contributed by atoms with E-state index in [1.165, 1.54) is 63.9 Å². The minimum Gasteiger partial charge on any atom is -0.478 e. The zero-order valence-electron chi connectivity index (χ0n) is 18.1. The van der Waals surface area contributed by atoms with Crippen LogP contribution in [-0.4, -0.2) is 17.0 Å². The molecule has 0 spiro atoms. The van der Waals surface area contributed by atoms with E-state index in [9.17, 15) is 9.59 Å². The Labute approximate surface area is 176 Å². The van der Waals surface area contributed by atoms with Crippen LogP contribution >= 0.6 is 0 Å². The topological polar surface area (TPSA) is 66.4 Å². The lowest BCUT2D eigenvalue weighted by atomic mass is 10.1. The van der Waals surface area contributed by atoms with Crippen LogP contribution in [0.3, 0.4) is 0 Å². The quantitative estimate of drug-likeness (QED) is 0.212. The largest absolute Gasteiger partial charge is 0.478 e. The molecule has 0 aliphatic rings. The van der Waals surface area contributed by atoms with Gasteiger partial charge in [-0.3, -0.25) is 4.79 Å². The molecule has 0 aromatic heterocycles. The van der Waals surface area contributed by atoms with Crippen LogP contribution in [0.5, 0.6) is 0 Å². The highest BCUT2D eigenvalue weighted by Crippen LogP contribution is 2.16. The molecular formula is C25H39NO3. The zero-order chi connectivity index (χ0) is 21.2. The first-order valence-electron chi connectivity index (χ1n) is 11.4. The number of aromatic carboxylic acids is 1. The van der Waals surface area contributed by atoms with Crippen molar-refractivity contribution in [2.24, 2.45) is 0 Å². The van der Waals surface area contributed by atoms with Crippen molar-refractivity contribution >= 4 is 17.6 Å². The van der Waals surface area contributed by atoms with Crippen molar-refractivity contribution < 1.29 is 14.7 Å². The Bertz CT molecular complexity index is 610. The van der Waals surface area contributed by atoms with Gasteiger partial charge < -0.3 is 10.4 Å². The van der Waals surface area contributed by atoms with Crippen LogP contribution in [0.1, 0.15) is 107 Å². The van der Waals surface area contributed by atoms with Gasteiger partial charge in [-0.25, -0.2) is 4.79 Å². The van der Waals surface area contributed by atoms with Gasteiger partial charge >= 0.3 is 5.97 Å². The number of carboxylic acid groups (broad SMARTS) is 1. The molecule has 0 unspecified atom stereocenters. The standard InChI is InChI=1S/C25H39NO3/c1-2-3-4-5-6-7-8-9-10-11-12-13-14-15-16-21-24(27)26-23-20-18-17-19-22(23)25(28)29/h9-10,17-20H,2-8,11-16,21H2,1H3,(H,26,27)(H,28,29)/b10-9-. The second-order valence-electron chi connectivity index (χ2n) is 7.73. The molecule has 1 rings (SSSR count). The van der Waals surface area contributed by atoms with Crippen LogP contribution in [0.15, 0.2) is 36.4 Å². The maximum atomic E-state index is 12.0. The van der Waals surface area contributed by atoms with Gasteiger partial charge in [0.05, 0.1) is 11.3 Å². The maximum Gasteiger partial charge on any atom is 0.337 e. The number of benzene rings is 1. The predicted octanol–water partition coefficient (Wildman–Crippen LogP) is 7.36. The number of carbonyl (C=O) groups is 2. The molecule has 0 bridgehead atoms. The summed E-state index contributed by atoms with van der Waals surface area (Å²) in [6.45, 7) is 2.25. The third-order valence-corrected chi connectivity index (χ3v) is 5.10. The summed E-state index contributed by atoms with van der Waals surface area (Å²) in [4.78, 5) is 23.2. The summed E-state index contributed by atoms with van der Waals surface area (Å²) in [6, 6.07) is 6.51. The summed E-state index contributed by atoms with van der Waals surface area (Å²) in [5, 5.41) is 11.9. The Morgan fingerprint density at radius 2 is 1.38 bits per heavy atom. The molecule has 0 heterocycles. The van der Waals surface area contributed by atoms with Crippen molar-refractivity contribution in [1.29, 1.82) is 0 Å². The van der Waals surface area contributed by atoms with Crippen molar-refractivity contribution in [2.75, 3.05) is 5.32 Å². The lowest BCUT2D eigenvalue weighted by molar-refractivity contribution is -0.116. The van der Waals surface area contributed by atoms with Gasteiger partial charge in [-0.15, -0.1) is 0 Å². The van der Waals surface area contributed by atoms with Crippen LogP contribution in [0.4, 0.5) is 5.69 Å². The number of anilines is 1. The predicted molar refractivity (Wildman–Crippen MR) is 121 cm³/mol. The van der Waals surface area contributed by atoms with E-state index in [1.807, 2.05) is 0 Å². The molecule has 0 radical (unpaired) electrons. The third kappa shape index (κ3) is 12.9. The summed E-state index contributed by atoms with van der Waals surface area (Å²) >= 11 is 0. The lowest BCUT2D eigenvalue weighted by Crippen LogP contribution is -2.14. The van der Waals surface area contributed by atoms with E-state index in [1.54, 1.807) is 18.2 Å². The molecule has 0 aliphatic heterocycles. The minimum atomic E-state index is -1.03. The number of carboxylic acids is 1. The number of rotatable bonds is 17. The summed E-state index contributed by atoms with van der Waals surface area (Å²) in [7, 11) is 0. The first-order chi connectivity index (χ1) is 14.1. The number of hydrogen-bond acceptors (Lipinski definition) is 2. The molecule has 0 atom stereocenters. The van der Waals surface area contributed by atoms with Crippen LogP contribution < -0.4 is 5.32 Å². The molecule has 29 heavy (non-hydrogen) atoms. The smallest absolute Gasteiger partial charge is 0.337 e. The number of hydrogen-bond donors (Lipinski definition) is 2. The van der Waals surface area contributed by atoms with E-state index in [4.69, 9.17) is 5.11 Å². The van der Waals surface area contributed by atoms with Crippen molar-refractivity contribution in [3.63, 3.8) is 0 Å². The van der Waals surface area contributed by atoms with Crippen LogP contribution in [0.2, 0.25) is 0 Å². The fraction of sp³-hybridized carbons (Fsp3) is 0.600. The molecule has 4 nitrogen and oxygen atoms in total. The highest BCUT2D eigenvalue weighted by atomic mass is 16.4. The van der Waals surface area contributed by atoms with E-state index < -0.39 is 5.97 Å². The first kappa shape index (κ1) is 24.9. The van der Waals surface area contributed by atoms with Gasteiger partial charge in [0.25, 0.3) is 0 Å². The van der Waals surface area contributed by atoms with Gasteiger partial charge in [0.2, 0.25) is 5.91 Å². The molecule has 1 aromatic rings. The number of amides is 1. The summed E-state index contributed by atoms with van der Waals surface area (Å²) < 4.78 is 0.